The highest BCUT2D eigenvalue weighted by Gasteiger charge is 2.18. The first-order chi connectivity index (χ1) is 13.9. The number of hydrogen-bond donors (Lipinski definition) is 2. The summed E-state index contributed by atoms with van der Waals surface area (Å²) in [4.78, 5) is 11.6. The molecular formula is C22H22N2O5. The lowest BCUT2D eigenvalue weighted by Crippen LogP contribution is -2.00. The van der Waals surface area contributed by atoms with Gasteiger partial charge in [0.1, 0.15) is 29.5 Å². The Bertz CT molecular complexity index is 1040. The van der Waals surface area contributed by atoms with Crippen LogP contribution in [0.2, 0.25) is 0 Å². The van der Waals surface area contributed by atoms with E-state index >= 15 is 0 Å². The number of methoxy groups -OCH3 is 1. The Kier molecular flexibility index (Phi) is 5.87. The van der Waals surface area contributed by atoms with Crippen LogP contribution in [0.15, 0.2) is 54.6 Å². The van der Waals surface area contributed by atoms with Crippen LogP contribution in [0.4, 0.5) is 0 Å². The number of aromatic hydroxyl groups is 1. The molecule has 2 N–H and O–H groups in total. The van der Waals surface area contributed by atoms with Crippen molar-refractivity contribution in [3.63, 3.8) is 0 Å². The van der Waals surface area contributed by atoms with E-state index in [9.17, 15) is 9.90 Å². The number of carbonyl (C=O) groups is 1. The molecule has 3 aromatic rings. The Labute approximate surface area is 168 Å². The average Bonchev–Trinajstić information content (AvgIpc) is 3.06. The van der Waals surface area contributed by atoms with E-state index in [1.165, 1.54) is 13.2 Å². The van der Waals surface area contributed by atoms with Crippen LogP contribution in [0.25, 0.3) is 11.3 Å². The fourth-order valence-electron chi connectivity index (χ4n) is 2.63. The molecule has 0 radical (unpaired) electrons. The Balaban J connectivity index is 1.86. The van der Waals surface area contributed by atoms with Crippen LogP contribution in [0, 0.1) is 6.92 Å². The van der Waals surface area contributed by atoms with Crippen LogP contribution < -0.4 is 9.47 Å². The third-order valence-electron chi connectivity index (χ3n) is 4.10. The van der Waals surface area contributed by atoms with E-state index in [0.29, 0.717) is 46.4 Å². The van der Waals surface area contributed by atoms with Gasteiger partial charge in [0.05, 0.1) is 18.4 Å². The molecule has 0 unspecified atom stereocenters. The number of aryl methyl sites for hydroxylation is 1. The Hall–Kier alpha value is -3.74. The van der Waals surface area contributed by atoms with Gasteiger partial charge >= 0.3 is 5.97 Å². The summed E-state index contributed by atoms with van der Waals surface area (Å²) in [5, 5.41) is 17.6. The molecule has 0 aliphatic carbocycles. The second-order valence-electron chi connectivity index (χ2n) is 6.57. The molecule has 0 saturated carbocycles. The van der Waals surface area contributed by atoms with Crippen LogP contribution in [-0.2, 0) is 4.74 Å². The summed E-state index contributed by atoms with van der Waals surface area (Å²) >= 11 is 0. The van der Waals surface area contributed by atoms with Gasteiger partial charge in [-0.05, 0) is 55.8 Å². The van der Waals surface area contributed by atoms with Crippen molar-refractivity contribution in [2.24, 2.45) is 0 Å². The predicted octanol–water partition coefficient (Wildman–Crippen LogP) is 4.62. The number of esters is 1. The third-order valence-corrected chi connectivity index (χ3v) is 4.10. The number of rotatable bonds is 7. The number of nitrogens with one attached hydrogen (secondary N) is 1. The van der Waals surface area contributed by atoms with Crippen molar-refractivity contribution in [1.82, 2.24) is 10.2 Å². The van der Waals surface area contributed by atoms with Gasteiger partial charge in [0.15, 0.2) is 5.75 Å². The number of nitrogens with zero attached hydrogens (tertiary/aromatic N) is 1. The fraction of sp³-hybridized carbons (Fsp3) is 0.182. The summed E-state index contributed by atoms with van der Waals surface area (Å²) in [5.41, 5.74) is 2.96. The molecule has 0 amide bonds. The first-order valence-electron chi connectivity index (χ1n) is 8.90. The topological polar surface area (TPSA) is 93.7 Å². The summed E-state index contributed by atoms with van der Waals surface area (Å²) in [6, 6.07) is 11.5. The van der Waals surface area contributed by atoms with Gasteiger partial charge in [0.2, 0.25) is 0 Å². The van der Waals surface area contributed by atoms with Crippen LogP contribution >= 0.6 is 0 Å². The van der Waals surface area contributed by atoms with Crippen molar-refractivity contribution in [3.05, 3.63) is 65.9 Å². The molecule has 0 aliphatic heterocycles. The Morgan fingerprint density at radius 2 is 1.86 bits per heavy atom. The lowest BCUT2D eigenvalue weighted by atomic mass is 10.1. The molecule has 150 valence electrons. The minimum absolute atomic E-state index is 0.0154. The van der Waals surface area contributed by atoms with Crippen molar-refractivity contribution in [1.29, 1.82) is 0 Å². The summed E-state index contributed by atoms with van der Waals surface area (Å²) < 4.78 is 16.2. The molecule has 1 aromatic heterocycles. The van der Waals surface area contributed by atoms with E-state index in [1.807, 2.05) is 13.8 Å². The van der Waals surface area contributed by atoms with Crippen LogP contribution in [0.3, 0.4) is 0 Å². The molecule has 7 nitrogen and oxygen atoms in total. The predicted molar refractivity (Wildman–Crippen MR) is 109 cm³/mol. The van der Waals surface area contributed by atoms with E-state index in [4.69, 9.17) is 14.2 Å². The lowest BCUT2D eigenvalue weighted by molar-refractivity contribution is 0.0600. The normalized spacial score (nSPS) is 10.4. The highest BCUT2D eigenvalue weighted by atomic mass is 16.5. The first kappa shape index (κ1) is 20.0. The molecule has 0 saturated heterocycles. The second kappa shape index (κ2) is 8.52. The van der Waals surface area contributed by atoms with E-state index in [1.54, 1.807) is 36.4 Å². The summed E-state index contributed by atoms with van der Waals surface area (Å²) in [7, 11) is 1.33. The molecule has 0 atom stereocenters. The molecule has 0 aliphatic rings. The van der Waals surface area contributed by atoms with Gasteiger partial charge in [-0.1, -0.05) is 6.58 Å². The van der Waals surface area contributed by atoms with E-state index in [0.717, 1.165) is 5.57 Å². The van der Waals surface area contributed by atoms with Crippen LogP contribution in [0.5, 0.6) is 23.0 Å². The van der Waals surface area contributed by atoms with E-state index in [2.05, 4.69) is 16.8 Å². The van der Waals surface area contributed by atoms with Crippen LogP contribution in [-0.4, -0.2) is 35.0 Å². The van der Waals surface area contributed by atoms with Gasteiger partial charge < -0.3 is 19.3 Å². The van der Waals surface area contributed by atoms with Gasteiger partial charge in [0.25, 0.3) is 0 Å². The highest BCUT2D eigenvalue weighted by molar-refractivity contribution is 5.89. The summed E-state index contributed by atoms with van der Waals surface area (Å²) in [6.07, 6.45) is 0. The number of hydrogen-bond acceptors (Lipinski definition) is 6. The fourth-order valence-corrected chi connectivity index (χ4v) is 2.63. The van der Waals surface area contributed by atoms with Gasteiger partial charge in [-0.2, -0.15) is 5.10 Å². The molecule has 29 heavy (non-hydrogen) atoms. The molecule has 7 heteroatoms. The van der Waals surface area contributed by atoms with Gasteiger partial charge in [-0.3, -0.25) is 5.10 Å². The Morgan fingerprint density at radius 3 is 2.48 bits per heavy atom. The van der Waals surface area contributed by atoms with E-state index in [-0.39, 0.29) is 5.75 Å². The number of phenols is 1. The quantitative estimate of drug-likeness (QED) is 0.448. The van der Waals surface area contributed by atoms with Crippen molar-refractivity contribution in [2.75, 3.05) is 13.7 Å². The minimum atomic E-state index is -0.421. The van der Waals surface area contributed by atoms with E-state index < -0.39 is 5.97 Å². The third kappa shape index (κ3) is 4.57. The molecule has 0 bridgehead atoms. The second-order valence-corrected chi connectivity index (χ2v) is 6.57. The number of benzene rings is 2. The Morgan fingerprint density at radius 1 is 1.17 bits per heavy atom. The highest BCUT2D eigenvalue weighted by Crippen LogP contribution is 2.39. The SMILES string of the molecule is C=C(C)COc1ccc(-c2n[nH]c(C)c2Oc2ccc(C(=O)OC)cc2)c(O)c1. The number of carbonyl (C=O) groups excluding carboxylic acids is 1. The largest absolute Gasteiger partial charge is 0.507 e. The van der Waals surface area contributed by atoms with Crippen molar-refractivity contribution >= 4 is 5.97 Å². The van der Waals surface area contributed by atoms with Crippen molar-refractivity contribution in [3.8, 4) is 34.3 Å². The maximum Gasteiger partial charge on any atom is 0.337 e. The van der Waals surface area contributed by atoms with Gasteiger partial charge in [-0.25, -0.2) is 4.79 Å². The van der Waals surface area contributed by atoms with Crippen molar-refractivity contribution < 1.29 is 24.1 Å². The van der Waals surface area contributed by atoms with Crippen LogP contribution in [0.1, 0.15) is 23.0 Å². The zero-order valence-electron chi connectivity index (χ0n) is 16.5. The molecular weight excluding hydrogens is 372 g/mol. The monoisotopic (exact) mass is 394 g/mol. The molecule has 3 rings (SSSR count). The summed E-state index contributed by atoms with van der Waals surface area (Å²) in [5.74, 6) is 1.12. The smallest absolute Gasteiger partial charge is 0.337 e. The average molecular weight is 394 g/mol. The lowest BCUT2D eigenvalue weighted by Gasteiger charge is -2.11. The van der Waals surface area contributed by atoms with Gasteiger partial charge in [-0.15, -0.1) is 0 Å². The van der Waals surface area contributed by atoms with Crippen molar-refractivity contribution in [2.45, 2.75) is 13.8 Å². The first-order valence-corrected chi connectivity index (χ1v) is 8.90. The number of ether oxygens (including phenoxy) is 3. The number of H-pyrrole nitrogens is 1. The molecule has 0 spiro atoms. The molecule has 0 fully saturated rings. The van der Waals surface area contributed by atoms with Gasteiger partial charge in [0, 0.05) is 11.6 Å². The molecule has 2 aromatic carbocycles. The number of phenolic OH excluding ortho intramolecular Hbond substituents is 1. The minimum Gasteiger partial charge on any atom is -0.507 e. The molecule has 1 heterocycles. The number of aromatic amines is 1. The summed E-state index contributed by atoms with van der Waals surface area (Å²) in [6.45, 7) is 7.84. The number of aromatic nitrogens is 2. The zero-order chi connectivity index (χ0) is 21.0. The standard InChI is InChI=1S/C22H22N2O5/c1-13(2)12-28-17-9-10-18(19(25)11-17)20-21(14(3)23-24-20)29-16-7-5-15(6-8-16)22(26)27-4/h5-11,25H,1,12H2,2-4H3,(H,23,24). The maximum atomic E-state index is 11.6. The maximum absolute atomic E-state index is 11.6. The zero-order valence-corrected chi connectivity index (χ0v) is 16.5.